The van der Waals surface area contributed by atoms with Gasteiger partial charge in [-0.15, -0.1) is 5.10 Å². The van der Waals surface area contributed by atoms with Crippen LogP contribution in [0, 0.1) is 13.8 Å². The van der Waals surface area contributed by atoms with Crippen LogP contribution in [-0.4, -0.2) is 86.5 Å². The molecule has 1 fully saturated rings. The van der Waals surface area contributed by atoms with Crippen LogP contribution in [-0.2, 0) is 9.59 Å². The van der Waals surface area contributed by atoms with E-state index >= 15 is 0 Å². The SMILES string of the molecule is Cc1cccc(C)c1-n1nnnc1SCC(=O)N1CCN(C(=O)[C@@H]2COc3ccccc3O2)CC1. The Labute approximate surface area is 207 Å². The fraction of sp³-hybridized carbons (Fsp3) is 0.375. The first-order valence-corrected chi connectivity index (χ1v) is 12.4. The first kappa shape index (κ1) is 23.2. The summed E-state index contributed by atoms with van der Waals surface area (Å²) >= 11 is 1.31. The molecule has 2 aliphatic heterocycles. The number of hydrogen-bond acceptors (Lipinski definition) is 8. The Morgan fingerprint density at radius 1 is 0.971 bits per heavy atom. The second-order valence-corrected chi connectivity index (χ2v) is 9.42. The number of hydrogen-bond donors (Lipinski definition) is 0. The van der Waals surface area contributed by atoms with Gasteiger partial charge in [0.15, 0.2) is 11.5 Å². The molecule has 182 valence electrons. The lowest BCUT2D eigenvalue weighted by molar-refractivity contribution is -0.145. The third-order valence-corrected chi connectivity index (χ3v) is 7.05. The van der Waals surface area contributed by atoms with Crippen LogP contribution < -0.4 is 9.47 Å². The molecular formula is C24H26N6O4S. The van der Waals surface area contributed by atoms with Crippen molar-refractivity contribution in [2.24, 2.45) is 0 Å². The van der Waals surface area contributed by atoms with E-state index in [0.29, 0.717) is 42.8 Å². The van der Waals surface area contributed by atoms with Gasteiger partial charge in [0.05, 0.1) is 11.4 Å². The van der Waals surface area contributed by atoms with Crippen LogP contribution in [0.5, 0.6) is 11.5 Å². The lowest BCUT2D eigenvalue weighted by atomic mass is 10.1. The van der Waals surface area contributed by atoms with Crippen molar-refractivity contribution in [1.29, 1.82) is 0 Å². The van der Waals surface area contributed by atoms with Crippen LogP contribution in [0.15, 0.2) is 47.6 Å². The molecule has 3 heterocycles. The van der Waals surface area contributed by atoms with Crippen molar-refractivity contribution >= 4 is 23.6 Å². The molecule has 11 heteroatoms. The molecule has 0 spiro atoms. The Kier molecular flexibility index (Phi) is 6.58. The first-order chi connectivity index (χ1) is 17.0. The third kappa shape index (κ3) is 4.81. The van der Waals surface area contributed by atoms with Crippen LogP contribution in [0.2, 0.25) is 0 Å². The van der Waals surface area contributed by atoms with Crippen LogP contribution >= 0.6 is 11.8 Å². The largest absolute Gasteiger partial charge is 0.485 e. The van der Waals surface area contributed by atoms with E-state index in [1.54, 1.807) is 20.5 Å². The number of aryl methyl sites for hydroxylation is 2. The number of thioether (sulfide) groups is 1. The van der Waals surface area contributed by atoms with Gasteiger partial charge in [-0.2, -0.15) is 4.68 Å². The Morgan fingerprint density at radius 2 is 1.66 bits per heavy atom. The summed E-state index contributed by atoms with van der Waals surface area (Å²) in [5.74, 6) is 1.31. The molecule has 5 rings (SSSR count). The number of piperazine rings is 1. The van der Waals surface area contributed by atoms with E-state index < -0.39 is 6.10 Å². The number of rotatable bonds is 5. The Balaban J connectivity index is 1.14. The third-order valence-electron chi connectivity index (χ3n) is 6.15. The molecule has 0 N–H and O–H groups in total. The molecule has 1 atom stereocenters. The second kappa shape index (κ2) is 9.95. The van der Waals surface area contributed by atoms with Crippen LogP contribution in [0.4, 0.5) is 0 Å². The van der Waals surface area contributed by atoms with Gasteiger partial charge in [0.2, 0.25) is 17.2 Å². The van der Waals surface area contributed by atoms with E-state index in [1.165, 1.54) is 11.8 Å². The molecule has 0 unspecified atom stereocenters. The number of tetrazole rings is 1. The predicted molar refractivity (Wildman–Crippen MR) is 129 cm³/mol. The number of carbonyl (C=O) groups is 2. The average molecular weight is 495 g/mol. The monoisotopic (exact) mass is 494 g/mol. The van der Waals surface area contributed by atoms with Gasteiger partial charge in [-0.25, -0.2) is 0 Å². The van der Waals surface area contributed by atoms with Crippen molar-refractivity contribution in [1.82, 2.24) is 30.0 Å². The van der Waals surface area contributed by atoms with Gasteiger partial charge in [0.1, 0.15) is 6.61 Å². The topological polar surface area (TPSA) is 103 Å². The van der Waals surface area contributed by atoms with Crippen molar-refractivity contribution in [3.63, 3.8) is 0 Å². The molecule has 0 saturated carbocycles. The van der Waals surface area contributed by atoms with E-state index in [0.717, 1.165) is 16.8 Å². The number of para-hydroxylation sites is 3. The standard InChI is InChI=1S/C24H26N6O4S/c1-16-6-5-7-17(2)22(16)30-24(25-26-27-30)35-15-21(31)28-10-12-29(13-11-28)23(32)20-14-33-18-8-3-4-9-19(18)34-20/h3-9,20H,10-15H2,1-2H3/t20-/m0/s1. The molecule has 0 bridgehead atoms. The summed E-state index contributed by atoms with van der Waals surface area (Å²) in [4.78, 5) is 29.3. The Bertz CT molecular complexity index is 1220. The molecule has 1 aromatic heterocycles. The number of aromatic nitrogens is 4. The normalized spacial score (nSPS) is 17.4. The van der Waals surface area contributed by atoms with Crippen molar-refractivity contribution in [2.45, 2.75) is 25.1 Å². The average Bonchev–Trinajstić information content (AvgIpc) is 3.34. The minimum absolute atomic E-state index is 0.00988. The van der Waals surface area contributed by atoms with Gasteiger partial charge in [0.25, 0.3) is 5.91 Å². The maximum Gasteiger partial charge on any atom is 0.267 e. The minimum atomic E-state index is -0.675. The van der Waals surface area contributed by atoms with E-state index in [9.17, 15) is 9.59 Å². The predicted octanol–water partition coefficient (Wildman–Crippen LogP) is 1.88. The molecule has 3 aromatic rings. The first-order valence-electron chi connectivity index (χ1n) is 11.4. The smallest absolute Gasteiger partial charge is 0.267 e. The maximum absolute atomic E-state index is 12.9. The Hall–Kier alpha value is -3.60. The van der Waals surface area contributed by atoms with E-state index in [4.69, 9.17) is 9.47 Å². The fourth-order valence-electron chi connectivity index (χ4n) is 4.29. The molecule has 2 amide bonds. The van der Waals surface area contributed by atoms with Crippen molar-refractivity contribution in [3.8, 4) is 17.2 Å². The van der Waals surface area contributed by atoms with Gasteiger partial charge in [-0.3, -0.25) is 9.59 Å². The summed E-state index contributed by atoms with van der Waals surface area (Å²) in [7, 11) is 0. The fourth-order valence-corrected chi connectivity index (χ4v) is 5.07. The molecule has 10 nitrogen and oxygen atoms in total. The number of fused-ring (bicyclic) bond motifs is 1. The molecule has 2 aromatic carbocycles. The zero-order valence-electron chi connectivity index (χ0n) is 19.6. The van der Waals surface area contributed by atoms with Crippen LogP contribution in [0.25, 0.3) is 5.69 Å². The number of nitrogens with zero attached hydrogens (tertiary/aromatic N) is 6. The quantitative estimate of drug-likeness (QED) is 0.496. The highest BCUT2D eigenvalue weighted by atomic mass is 32.2. The van der Waals surface area contributed by atoms with Gasteiger partial charge >= 0.3 is 0 Å². The van der Waals surface area contributed by atoms with Crippen molar-refractivity contribution in [2.75, 3.05) is 38.5 Å². The highest BCUT2D eigenvalue weighted by molar-refractivity contribution is 7.99. The molecule has 35 heavy (non-hydrogen) atoms. The van der Waals surface area contributed by atoms with Crippen molar-refractivity contribution in [3.05, 3.63) is 53.6 Å². The van der Waals surface area contributed by atoms with Gasteiger partial charge < -0.3 is 19.3 Å². The van der Waals surface area contributed by atoms with Crippen molar-refractivity contribution < 1.29 is 19.1 Å². The molecule has 0 aliphatic carbocycles. The minimum Gasteiger partial charge on any atom is -0.485 e. The highest BCUT2D eigenvalue weighted by Gasteiger charge is 2.33. The van der Waals surface area contributed by atoms with Crippen LogP contribution in [0.1, 0.15) is 11.1 Å². The molecule has 1 saturated heterocycles. The summed E-state index contributed by atoms with van der Waals surface area (Å²) in [5, 5.41) is 12.6. The molecule has 0 radical (unpaired) electrons. The van der Waals surface area contributed by atoms with E-state index in [1.807, 2.05) is 50.2 Å². The van der Waals surface area contributed by atoms with E-state index in [2.05, 4.69) is 15.5 Å². The second-order valence-electron chi connectivity index (χ2n) is 8.47. The number of benzene rings is 2. The highest BCUT2D eigenvalue weighted by Crippen LogP contribution is 2.31. The lowest BCUT2D eigenvalue weighted by Gasteiger charge is -2.37. The summed E-state index contributed by atoms with van der Waals surface area (Å²) in [6.45, 7) is 6.05. The number of carbonyl (C=O) groups excluding carboxylic acids is 2. The molecule has 2 aliphatic rings. The summed E-state index contributed by atoms with van der Waals surface area (Å²) in [5.41, 5.74) is 3.04. The Morgan fingerprint density at radius 3 is 2.40 bits per heavy atom. The number of amides is 2. The number of ether oxygens (including phenoxy) is 2. The van der Waals surface area contributed by atoms with Gasteiger partial charge in [-0.1, -0.05) is 42.1 Å². The maximum atomic E-state index is 12.9. The summed E-state index contributed by atoms with van der Waals surface area (Å²) in [6, 6.07) is 13.3. The zero-order valence-corrected chi connectivity index (χ0v) is 20.4. The van der Waals surface area contributed by atoms with Gasteiger partial charge in [-0.05, 0) is 47.5 Å². The zero-order chi connectivity index (χ0) is 24.4. The van der Waals surface area contributed by atoms with E-state index in [-0.39, 0.29) is 24.2 Å². The molecular weight excluding hydrogens is 468 g/mol. The van der Waals surface area contributed by atoms with Gasteiger partial charge in [0, 0.05) is 26.2 Å². The van der Waals surface area contributed by atoms with Crippen LogP contribution in [0.3, 0.4) is 0 Å². The lowest BCUT2D eigenvalue weighted by Crippen LogP contribution is -2.55. The summed E-state index contributed by atoms with van der Waals surface area (Å²) < 4.78 is 13.2. The summed E-state index contributed by atoms with van der Waals surface area (Å²) in [6.07, 6.45) is -0.675.